The summed E-state index contributed by atoms with van der Waals surface area (Å²) < 4.78 is 21.6. The lowest BCUT2D eigenvalue weighted by Crippen LogP contribution is -2.43. The van der Waals surface area contributed by atoms with Crippen molar-refractivity contribution < 1.29 is 23.5 Å². The van der Waals surface area contributed by atoms with E-state index in [2.05, 4.69) is 6.58 Å². The van der Waals surface area contributed by atoms with Gasteiger partial charge in [-0.25, -0.2) is 4.39 Å². The summed E-state index contributed by atoms with van der Waals surface area (Å²) in [7, 11) is 0. The monoisotopic (exact) mass is 549 g/mol. The molecule has 2 aromatic rings. The minimum absolute atomic E-state index is 0.00139. The van der Waals surface area contributed by atoms with E-state index in [0.717, 1.165) is 24.2 Å². The molecule has 2 heterocycles. The van der Waals surface area contributed by atoms with Gasteiger partial charge >= 0.3 is 0 Å². The number of halogens is 2. The van der Waals surface area contributed by atoms with Gasteiger partial charge in [-0.2, -0.15) is 0 Å². The fourth-order valence-corrected chi connectivity index (χ4v) is 5.14. The molecule has 0 radical (unpaired) electrons. The summed E-state index contributed by atoms with van der Waals surface area (Å²) in [6, 6.07) is 7.84. The van der Waals surface area contributed by atoms with Gasteiger partial charge in [-0.05, 0) is 49.8 Å². The number of benzene rings is 1. The van der Waals surface area contributed by atoms with Crippen molar-refractivity contribution in [1.29, 1.82) is 0 Å². The summed E-state index contributed by atoms with van der Waals surface area (Å²) in [5.74, 6) is -1.10. The molecule has 0 N–H and O–H groups in total. The van der Waals surface area contributed by atoms with Crippen LogP contribution < -0.4 is 9.80 Å². The first-order chi connectivity index (χ1) is 17.7. The maximum atomic E-state index is 15.2. The number of ether oxygens (including phenoxy) is 1. The van der Waals surface area contributed by atoms with Gasteiger partial charge in [0.1, 0.15) is 11.9 Å². The Morgan fingerprint density at radius 3 is 2.51 bits per heavy atom. The van der Waals surface area contributed by atoms with E-state index in [4.69, 9.17) is 16.3 Å². The molecule has 1 aromatic heterocycles. The van der Waals surface area contributed by atoms with Gasteiger partial charge in [0.05, 0.1) is 28.0 Å². The molecule has 0 saturated carbocycles. The van der Waals surface area contributed by atoms with E-state index < -0.39 is 17.8 Å². The molecule has 0 spiro atoms. The average Bonchev–Trinajstić information content (AvgIpc) is 3.48. The zero-order valence-corrected chi connectivity index (χ0v) is 23.0. The third-order valence-electron chi connectivity index (χ3n) is 6.04. The predicted molar refractivity (Wildman–Crippen MR) is 146 cm³/mol. The summed E-state index contributed by atoms with van der Waals surface area (Å²) in [5, 5.41) is 0. The highest BCUT2D eigenvalue weighted by atomic mass is 35.5. The van der Waals surface area contributed by atoms with Crippen molar-refractivity contribution in [3.05, 3.63) is 57.8 Å². The van der Waals surface area contributed by atoms with E-state index in [0.29, 0.717) is 34.3 Å². The predicted octanol–water partition coefficient (Wildman–Crippen LogP) is 6.23. The number of rotatable bonds is 11. The van der Waals surface area contributed by atoms with Crippen LogP contribution in [-0.4, -0.2) is 48.4 Å². The van der Waals surface area contributed by atoms with Gasteiger partial charge in [0.2, 0.25) is 11.8 Å². The second-order valence-corrected chi connectivity index (χ2v) is 10.5. The van der Waals surface area contributed by atoms with Gasteiger partial charge < -0.3 is 14.5 Å². The average molecular weight is 550 g/mol. The zero-order valence-electron chi connectivity index (χ0n) is 21.5. The van der Waals surface area contributed by atoms with Crippen molar-refractivity contribution in [2.45, 2.75) is 59.0 Å². The zero-order chi connectivity index (χ0) is 27.1. The molecule has 7 nitrogen and oxygen atoms in total. The Morgan fingerprint density at radius 1 is 1.16 bits per heavy atom. The fourth-order valence-electron chi connectivity index (χ4n) is 4.15. The highest BCUT2D eigenvalue weighted by molar-refractivity contribution is 7.18. The Morgan fingerprint density at radius 2 is 1.92 bits per heavy atom. The molecule has 10 heteroatoms. The summed E-state index contributed by atoms with van der Waals surface area (Å²) in [6.45, 7) is 10.3. The van der Waals surface area contributed by atoms with Crippen LogP contribution in [-0.2, 0) is 14.3 Å². The van der Waals surface area contributed by atoms with Crippen molar-refractivity contribution in [1.82, 2.24) is 4.90 Å². The SMILES string of the molecule is C=C1OC(CN(C(=O)CCCC)C(=O)c2ccc(Cl)s2)CN1c1ccc(N(CCC)C(=O)CC)cc1F. The highest BCUT2D eigenvalue weighted by Crippen LogP contribution is 2.32. The summed E-state index contributed by atoms with van der Waals surface area (Å²) >= 11 is 7.11. The number of imide groups is 1. The standard InChI is InChI=1S/C27H33ClFN3O4S/c1-5-8-9-26(34)32(27(35)23-12-13-24(28)37-23)17-20-16-31(18(4)36-20)22-11-10-19(15-21(22)29)30(14-6-2)25(33)7-3/h10-13,15,20H,4-9,14,16-17H2,1-3H3. The molecule has 0 aliphatic carbocycles. The number of unbranched alkanes of at least 4 members (excludes halogenated alkanes) is 1. The molecule has 1 saturated heterocycles. The molecular formula is C27H33ClFN3O4S. The van der Waals surface area contributed by atoms with Gasteiger partial charge in [-0.3, -0.25) is 19.3 Å². The second-order valence-electron chi connectivity index (χ2n) is 8.80. The van der Waals surface area contributed by atoms with Gasteiger partial charge in [0, 0.05) is 25.1 Å². The molecule has 3 rings (SSSR count). The lowest BCUT2D eigenvalue weighted by atomic mass is 10.2. The summed E-state index contributed by atoms with van der Waals surface area (Å²) in [5.41, 5.74) is 0.738. The van der Waals surface area contributed by atoms with Gasteiger partial charge in [-0.15, -0.1) is 11.3 Å². The van der Waals surface area contributed by atoms with E-state index in [1.807, 2.05) is 13.8 Å². The number of hydrogen-bond acceptors (Lipinski definition) is 6. The van der Waals surface area contributed by atoms with Gasteiger partial charge in [0.25, 0.3) is 5.91 Å². The first-order valence-corrected chi connectivity index (χ1v) is 13.7. The van der Waals surface area contributed by atoms with Crippen molar-refractivity contribution in [2.24, 2.45) is 0 Å². The quantitative estimate of drug-likeness (QED) is 0.332. The molecule has 1 atom stereocenters. The number of thiophene rings is 1. The van der Waals surface area contributed by atoms with Crippen LogP contribution in [0.1, 0.15) is 62.5 Å². The Hall–Kier alpha value is -2.91. The Kier molecular flexibility index (Phi) is 10.1. The van der Waals surface area contributed by atoms with Crippen LogP contribution in [0.4, 0.5) is 15.8 Å². The summed E-state index contributed by atoms with van der Waals surface area (Å²) in [6.07, 6.45) is 2.20. The molecule has 1 aliphatic heterocycles. The van der Waals surface area contributed by atoms with Crippen molar-refractivity contribution in [3.63, 3.8) is 0 Å². The molecule has 1 aromatic carbocycles. The van der Waals surface area contributed by atoms with E-state index >= 15 is 4.39 Å². The number of carbonyl (C=O) groups excluding carboxylic acids is 3. The number of anilines is 2. The van der Waals surface area contributed by atoms with E-state index in [1.54, 1.807) is 41.0 Å². The highest BCUT2D eigenvalue weighted by Gasteiger charge is 2.34. The normalized spacial score (nSPS) is 15.0. The molecule has 200 valence electrons. The Labute approximate surface area is 226 Å². The summed E-state index contributed by atoms with van der Waals surface area (Å²) in [4.78, 5) is 43.1. The molecule has 0 bridgehead atoms. The fraction of sp³-hybridized carbons (Fsp3) is 0.444. The van der Waals surface area contributed by atoms with E-state index in [9.17, 15) is 14.4 Å². The Balaban J connectivity index is 1.78. The smallest absolute Gasteiger partial charge is 0.270 e. The molecule has 1 unspecified atom stereocenters. The number of nitrogens with zero attached hydrogens (tertiary/aromatic N) is 3. The van der Waals surface area contributed by atoms with Gasteiger partial charge in [-0.1, -0.05) is 38.8 Å². The third kappa shape index (κ3) is 6.90. The third-order valence-corrected chi connectivity index (χ3v) is 7.25. The van der Waals surface area contributed by atoms with E-state index in [1.165, 1.54) is 11.0 Å². The van der Waals surface area contributed by atoms with Gasteiger partial charge in [0.15, 0.2) is 5.88 Å². The van der Waals surface area contributed by atoms with E-state index in [-0.39, 0.29) is 42.9 Å². The minimum atomic E-state index is -0.588. The first-order valence-electron chi connectivity index (χ1n) is 12.5. The van der Waals surface area contributed by atoms with Crippen LogP contribution in [0.5, 0.6) is 0 Å². The number of amides is 3. The van der Waals surface area contributed by atoms with Crippen LogP contribution >= 0.6 is 22.9 Å². The lowest BCUT2D eigenvalue weighted by Gasteiger charge is -2.24. The largest absolute Gasteiger partial charge is 0.472 e. The Bertz CT molecular complexity index is 1150. The van der Waals surface area contributed by atoms with Crippen LogP contribution in [0.25, 0.3) is 0 Å². The number of carbonyl (C=O) groups is 3. The molecule has 1 aliphatic rings. The number of hydrogen-bond donors (Lipinski definition) is 0. The lowest BCUT2D eigenvalue weighted by molar-refractivity contribution is -0.129. The second kappa shape index (κ2) is 13.1. The van der Waals surface area contributed by atoms with Crippen molar-refractivity contribution in [3.8, 4) is 0 Å². The maximum absolute atomic E-state index is 15.2. The minimum Gasteiger partial charge on any atom is -0.472 e. The molecule has 1 fully saturated rings. The topological polar surface area (TPSA) is 70.2 Å². The van der Waals surface area contributed by atoms with Crippen molar-refractivity contribution >= 4 is 52.0 Å². The molecule has 3 amide bonds. The van der Waals surface area contributed by atoms with Crippen LogP contribution in [0.3, 0.4) is 0 Å². The van der Waals surface area contributed by atoms with Crippen molar-refractivity contribution in [2.75, 3.05) is 29.4 Å². The van der Waals surface area contributed by atoms with Crippen LogP contribution in [0, 0.1) is 5.82 Å². The van der Waals surface area contributed by atoms with Crippen LogP contribution in [0.2, 0.25) is 4.34 Å². The molecule has 37 heavy (non-hydrogen) atoms. The maximum Gasteiger partial charge on any atom is 0.270 e. The van der Waals surface area contributed by atoms with Crippen LogP contribution in [0.15, 0.2) is 42.8 Å². The first kappa shape index (κ1) is 28.7. The molecular weight excluding hydrogens is 517 g/mol.